The van der Waals surface area contributed by atoms with Gasteiger partial charge in [-0.25, -0.2) is 0 Å². The molecule has 5 nitrogen and oxygen atoms in total. The van der Waals surface area contributed by atoms with Gasteiger partial charge in [-0.05, 0) is 50.1 Å². The Kier molecular flexibility index (Phi) is 11.6. The molecule has 0 aliphatic carbocycles. The zero-order chi connectivity index (χ0) is 18.1. The van der Waals surface area contributed by atoms with Gasteiger partial charge < -0.3 is 16.0 Å². The maximum atomic E-state index is 12.2. The predicted molar refractivity (Wildman–Crippen MR) is 127 cm³/mol. The molecule has 1 amide bonds. The quantitative estimate of drug-likeness (QED) is 0.269. The second-order valence-corrected chi connectivity index (χ2v) is 8.36. The second kappa shape index (κ2) is 12.8. The minimum atomic E-state index is -0.00380. The van der Waals surface area contributed by atoms with Crippen LogP contribution in [-0.4, -0.2) is 42.5 Å². The van der Waals surface area contributed by atoms with Crippen LogP contribution in [0.2, 0.25) is 0 Å². The molecule has 1 unspecified atom stereocenters. The van der Waals surface area contributed by atoms with Crippen molar-refractivity contribution in [2.75, 3.05) is 30.7 Å². The lowest BCUT2D eigenvalue weighted by Crippen LogP contribution is -2.39. The maximum Gasteiger partial charge on any atom is 0.226 e. The Hall–Kier alpha value is -0.480. The van der Waals surface area contributed by atoms with E-state index in [1.165, 1.54) is 18.6 Å². The van der Waals surface area contributed by atoms with Gasteiger partial charge in [0.1, 0.15) is 0 Å². The van der Waals surface area contributed by atoms with E-state index in [2.05, 4.69) is 36.9 Å². The molecular formula is C18H28BrIN4OS. The monoisotopic (exact) mass is 554 g/mol. The number of anilines is 1. The van der Waals surface area contributed by atoms with Gasteiger partial charge in [0.15, 0.2) is 5.96 Å². The molecular weight excluding hydrogens is 527 g/mol. The second-order valence-electron chi connectivity index (χ2n) is 6.04. The highest BCUT2D eigenvalue weighted by molar-refractivity contribution is 14.0. The first-order chi connectivity index (χ1) is 12.1. The number of halogens is 2. The van der Waals surface area contributed by atoms with Gasteiger partial charge in [0.05, 0.1) is 6.54 Å². The standard InChI is InChI=1S/C18H27BrN4OS.HI/c1-3-20-18(22-12-15-5-4-10-25-15)21-9-8-17(24)23-16-11-14(19)7-6-13(16)2;/h6-7,11,15H,3-5,8-10,12H2,1-2H3,(H,23,24)(H2,20,21,22);1H. The summed E-state index contributed by atoms with van der Waals surface area (Å²) in [5.74, 6) is 2.04. The minimum Gasteiger partial charge on any atom is -0.357 e. The summed E-state index contributed by atoms with van der Waals surface area (Å²) in [6, 6.07) is 5.87. The fourth-order valence-corrected chi connectivity index (χ4v) is 4.10. The summed E-state index contributed by atoms with van der Waals surface area (Å²) in [4.78, 5) is 16.8. The Morgan fingerprint density at radius 3 is 2.88 bits per heavy atom. The summed E-state index contributed by atoms with van der Waals surface area (Å²) in [5, 5.41) is 10.1. The zero-order valence-electron chi connectivity index (χ0n) is 15.3. The number of aliphatic imine (C=N–C) groups is 1. The molecule has 8 heteroatoms. The summed E-state index contributed by atoms with van der Waals surface area (Å²) in [6.45, 7) is 6.24. The Morgan fingerprint density at radius 1 is 1.38 bits per heavy atom. The molecule has 1 aliphatic rings. The molecule has 1 aliphatic heterocycles. The molecule has 1 aromatic carbocycles. The van der Waals surface area contributed by atoms with Gasteiger partial charge in [-0.3, -0.25) is 9.79 Å². The molecule has 0 bridgehead atoms. The topological polar surface area (TPSA) is 65.5 Å². The molecule has 0 spiro atoms. The zero-order valence-corrected chi connectivity index (χ0v) is 20.0. The van der Waals surface area contributed by atoms with Crippen molar-refractivity contribution in [3.63, 3.8) is 0 Å². The number of nitrogens with one attached hydrogen (secondary N) is 3. The maximum absolute atomic E-state index is 12.2. The van der Waals surface area contributed by atoms with E-state index in [9.17, 15) is 4.79 Å². The van der Waals surface area contributed by atoms with Crippen LogP contribution in [0.4, 0.5) is 5.69 Å². The number of amides is 1. The fraction of sp³-hybridized carbons (Fsp3) is 0.556. The highest BCUT2D eigenvalue weighted by Gasteiger charge is 2.15. The number of hydrogen-bond acceptors (Lipinski definition) is 3. The van der Waals surface area contributed by atoms with Crippen molar-refractivity contribution in [3.8, 4) is 0 Å². The van der Waals surface area contributed by atoms with Crippen LogP contribution in [-0.2, 0) is 4.79 Å². The first kappa shape index (κ1) is 23.6. The smallest absolute Gasteiger partial charge is 0.226 e. The van der Waals surface area contributed by atoms with Gasteiger partial charge in [-0.2, -0.15) is 11.8 Å². The lowest BCUT2D eigenvalue weighted by molar-refractivity contribution is -0.116. The third-order valence-corrected chi connectivity index (χ3v) is 5.81. The van der Waals surface area contributed by atoms with E-state index < -0.39 is 0 Å². The molecule has 1 atom stereocenters. The third kappa shape index (κ3) is 8.47. The van der Waals surface area contributed by atoms with Gasteiger partial charge in [-0.15, -0.1) is 24.0 Å². The number of aryl methyl sites for hydroxylation is 1. The van der Waals surface area contributed by atoms with Gasteiger partial charge in [0, 0.05) is 34.9 Å². The van der Waals surface area contributed by atoms with Gasteiger partial charge in [0.25, 0.3) is 0 Å². The largest absolute Gasteiger partial charge is 0.357 e. The molecule has 0 radical (unpaired) electrons. The molecule has 2 rings (SSSR count). The molecule has 1 fully saturated rings. The predicted octanol–water partition coefficient (Wildman–Crippen LogP) is 4.15. The molecule has 26 heavy (non-hydrogen) atoms. The van der Waals surface area contributed by atoms with Crippen molar-refractivity contribution >= 4 is 69.2 Å². The van der Waals surface area contributed by atoms with E-state index in [0.29, 0.717) is 18.2 Å². The Balaban J connectivity index is 0.00000338. The molecule has 146 valence electrons. The number of rotatable bonds is 7. The van der Waals surface area contributed by atoms with Crippen molar-refractivity contribution in [3.05, 3.63) is 28.2 Å². The van der Waals surface area contributed by atoms with Crippen LogP contribution in [0.3, 0.4) is 0 Å². The number of nitrogens with zero attached hydrogens (tertiary/aromatic N) is 1. The van der Waals surface area contributed by atoms with Gasteiger partial charge in [-0.1, -0.05) is 22.0 Å². The van der Waals surface area contributed by atoms with Gasteiger partial charge >= 0.3 is 0 Å². The SMILES string of the molecule is CCNC(=NCC1CCCS1)NCCC(=O)Nc1cc(Br)ccc1C.I. The average molecular weight is 555 g/mol. The summed E-state index contributed by atoms with van der Waals surface area (Å²) in [5.41, 5.74) is 1.90. The highest BCUT2D eigenvalue weighted by Crippen LogP contribution is 2.26. The molecule has 1 heterocycles. The molecule has 1 saturated heterocycles. The summed E-state index contributed by atoms with van der Waals surface area (Å²) in [7, 11) is 0. The lowest BCUT2D eigenvalue weighted by atomic mass is 10.2. The van der Waals surface area contributed by atoms with E-state index in [1.807, 2.05) is 43.8 Å². The van der Waals surface area contributed by atoms with Crippen LogP contribution in [0.1, 0.15) is 31.7 Å². The number of guanidine groups is 1. The van der Waals surface area contributed by atoms with Crippen molar-refractivity contribution in [2.45, 2.75) is 38.4 Å². The van der Waals surface area contributed by atoms with Gasteiger partial charge in [0.2, 0.25) is 5.91 Å². The Labute approximate surface area is 186 Å². The summed E-state index contributed by atoms with van der Waals surface area (Å²) < 4.78 is 0.956. The van der Waals surface area contributed by atoms with E-state index in [-0.39, 0.29) is 29.9 Å². The van der Waals surface area contributed by atoms with Crippen LogP contribution < -0.4 is 16.0 Å². The highest BCUT2D eigenvalue weighted by atomic mass is 127. The van der Waals surface area contributed by atoms with Crippen LogP contribution in [0.5, 0.6) is 0 Å². The first-order valence-corrected chi connectivity index (χ1v) is 10.6. The first-order valence-electron chi connectivity index (χ1n) is 8.78. The van der Waals surface area contributed by atoms with Crippen LogP contribution in [0, 0.1) is 6.92 Å². The third-order valence-electron chi connectivity index (χ3n) is 3.94. The number of carbonyl (C=O) groups excluding carboxylic acids is 1. The van der Waals surface area contributed by atoms with Crippen LogP contribution in [0.25, 0.3) is 0 Å². The summed E-state index contributed by atoms with van der Waals surface area (Å²) >= 11 is 5.44. The number of hydrogen-bond donors (Lipinski definition) is 3. The normalized spacial score (nSPS) is 16.7. The fourth-order valence-electron chi connectivity index (χ4n) is 2.56. The van der Waals surface area contributed by atoms with E-state index in [4.69, 9.17) is 0 Å². The number of thioether (sulfide) groups is 1. The van der Waals surface area contributed by atoms with Crippen LogP contribution in [0.15, 0.2) is 27.7 Å². The lowest BCUT2D eigenvalue weighted by Gasteiger charge is -2.13. The van der Waals surface area contributed by atoms with Crippen molar-refractivity contribution in [1.82, 2.24) is 10.6 Å². The van der Waals surface area contributed by atoms with Crippen molar-refractivity contribution < 1.29 is 4.79 Å². The Bertz CT molecular complexity index is 609. The van der Waals surface area contributed by atoms with E-state index in [1.54, 1.807) is 0 Å². The molecule has 0 saturated carbocycles. The molecule has 0 aromatic heterocycles. The summed E-state index contributed by atoms with van der Waals surface area (Å²) in [6.07, 6.45) is 2.94. The number of benzene rings is 1. The molecule has 1 aromatic rings. The van der Waals surface area contributed by atoms with Crippen molar-refractivity contribution in [2.24, 2.45) is 4.99 Å². The van der Waals surface area contributed by atoms with E-state index >= 15 is 0 Å². The van der Waals surface area contributed by atoms with E-state index in [0.717, 1.165) is 34.8 Å². The average Bonchev–Trinajstić information content (AvgIpc) is 3.09. The van der Waals surface area contributed by atoms with Crippen molar-refractivity contribution in [1.29, 1.82) is 0 Å². The Morgan fingerprint density at radius 2 is 2.19 bits per heavy atom. The van der Waals surface area contributed by atoms with Crippen LogP contribution >= 0.6 is 51.7 Å². The minimum absolute atomic E-state index is 0. The number of carbonyl (C=O) groups is 1. The molecule has 3 N–H and O–H groups in total.